The van der Waals surface area contributed by atoms with Crippen LogP contribution in [0.15, 0.2) is 36.4 Å². The number of nitrogens with one attached hydrogen (secondary N) is 1. The molecule has 0 spiro atoms. The maximum atomic E-state index is 13.1. The molecule has 5 nitrogen and oxygen atoms in total. The summed E-state index contributed by atoms with van der Waals surface area (Å²) in [5.74, 6) is 0.111. The highest BCUT2D eigenvalue weighted by atomic mass is 16.2. The van der Waals surface area contributed by atoms with Crippen LogP contribution in [0, 0.1) is 0 Å². The Bertz CT molecular complexity index is 681. The molecule has 2 amide bonds. The molecular weight excluding hydrogens is 398 g/mol. The Kier molecular flexibility index (Phi) is 12.8. The lowest BCUT2D eigenvalue weighted by atomic mass is 10.1. The van der Waals surface area contributed by atoms with Crippen molar-refractivity contribution in [2.75, 3.05) is 32.7 Å². The molecule has 0 saturated carbocycles. The van der Waals surface area contributed by atoms with E-state index in [-0.39, 0.29) is 17.9 Å². The number of unbranched alkanes of at least 4 members (excludes halogenated alkanes) is 5. The molecule has 1 heterocycles. The van der Waals surface area contributed by atoms with Gasteiger partial charge in [0.2, 0.25) is 11.8 Å². The largest absolute Gasteiger partial charge is 0.344 e. The number of carbonyl (C=O) groups excluding carboxylic acids is 2. The van der Waals surface area contributed by atoms with Crippen molar-refractivity contribution in [1.82, 2.24) is 15.1 Å². The van der Waals surface area contributed by atoms with Crippen LogP contribution in [0.25, 0.3) is 6.08 Å². The molecule has 0 bridgehead atoms. The van der Waals surface area contributed by atoms with E-state index in [9.17, 15) is 9.59 Å². The van der Waals surface area contributed by atoms with Crippen LogP contribution in [0.5, 0.6) is 0 Å². The van der Waals surface area contributed by atoms with Gasteiger partial charge in [0.15, 0.2) is 0 Å². The molecule has 5 heteroatoms. The monoisotopic (exact) mass is 441 g/mol. The van der Waals surface area contributed by atoms with Crippen LogP contribution in [0.4, 0.5) is 0 Å². The predicted octanol–water partition coefficient (Wildman–Crippen LogP) is 4.88. The van der Waals surface area contributed by atoms with Crippen molar-refractivity contribution in [2.45, 2.75) is 77.7 Å². The molecule has 1 aromatic rings. The summed E-state index contributed by atoms with van der Waals surface area (Å²) in [6, 6.07) is 9.93. The van der Waals surface area contributed by atoms with Gasteiger partial charge in [0, 0.05) is 39.1 Å². The molecule has 0 aliphatic carbocycles. The zero-order valence-electron chi connectivity index (χ0n) is 20.2. The number of hydrogen-bond donors (Lipinski definition) is 1. The van der Waals surface area contributed by atoms with Crippen molar-refractivity contribution in [2.24, 2.45) is 0 Å². The number of amides is 2. The summed E-state index contributed by atoms with van der Waals surface area (Å²) in [6.07, 6.45) is 13.4. The lowest BCUT2D eigenvalue weighted by Crippen LogP contribution is -2.54. The van der Waals surface area contributed by atoms with Gasteiger partial charge in [-0.15, -0.1) is 0 Å². The fourth-order valence-corrected chi connectivity index (χ4v) is 4.15. The zero-order valence-corrected chi connectivity index (χ0v) is 20.2. The molecule has 0 aromatic heterocycles. The average Bonchev–Trinajstić information content (AvgIpc) is 2.82. The Morgan fingerprint density at radius 2 is 1.62 bits per heavy atom. The Labute approximate surface area is 195 Å². The molecule has 1 saturated heterocycles. The van der Waals surface area contributed by atoms with E-state index >= 15 is 0 Å². The molecule has 1 aromatic carbocycles. The molecule has 1 atom stereocenters. The van der Waals surface area contributed by atoms with E-state index in [0.29, 0.717) is 12.8 Å². The highest BCUT2D eigenvalue weighted by Gasteiger charge is 2.27. The third-order valence-corrected chi connectivity index (χ3v) is 6.13. The molecule has 0 radical (unpaired) electrons. The molecule has 1 aliphatic heterocycles. The molecule has 1 fully saturated rings. The Morgan fingerprint density at radius 1 is 0.938 bits per heavy atom. The summed E-state index contributed by atoms with van der Waals surface area (Å²) >= 11 is 0. The second-order valence-electron chi connectivity index (χ2n) is 8.87. The second-order valence-corrected chi connectivity index (χ2v) is 8.87. The number of carbonyl (C=O) groups is 2. The minimum absolute atomic E-state index is 0.0250. The van der Waals surface area contributed by atoms with Gasteiger partial charge >= 0.3 is 0 Å². The molecular formula is C27H43N3O2. The first kappa shape index (κ1) is 26.1. The molecule has 2 rings (SSSR count). The van der Waals surface area contributed by atoms with Gasteiger partial charge < -0.3 is 10.2 Å². The van der Waals surface area contributed by atoms with Crippen LogP contribution in [0.1, 0.15) is 77.2 Å². The topological polar surface area (TPSA) is 52.7 Å². The van der Waals surface area contributed by atoms with E-state index in [1.165, 1.54) is 31.2 Å². The van der Waals surface area contributed by atoms with Crippen molar-refractivity contribution in [1.29, 1.82) is 0 Å². The normalized spacial score (nSPS) is 15.8. The summed E-state index contributed by atoms with van der Waals surface area (Å²) in [5.41, 5.74) is 1.21. The SMILES string of the molecule is CCCCCCCCC(=O)NC(CCC)C(=O)N1CCN(CC=Cc2ccccc2)CC1. The van der Waals surface area contributed by atoms with Gasteiger partial charge in [0.05, 0.1) is 0 Å². The van der Waals surface area contributed by atoms with Crippen LogP contribution in [0.2, 0.25) is 0 Å². The minimum atomic E-state index is -0.378. The number of nitrogens with zero attached hydrogens (tertiary/aromatic N) is 2. The van der Waals surface area contributed by atoms with Crippen LogP contribution < -0.4 is 5.32 Å². The molecule has 1 N–H and O–H groups in total. The molecule has 32 heavy (non-hydrogen) atoms. The van der Waals surface area contributed by atoms with Crippen molar-refractivity contribution in [3.63, 3.8) is 0 Å². The van der Waals surface area contributed by atoms with Crippen LogP contribution in [-0.4, -0.2) is 60.4 Å². The minimum Gasteiger partial charge on any atom is -0.344 e. The number of rotatable bonds is 14. The Balaban J connectivity index is 1.71. The first-order valence-corrected chi connectivity index (χ1v) is 12.7. The standard InChI is InChI=1S/C27H43N3O2/c1-3-5-6-7-8-12-18-26(31)28-25(14-4-2)27(32)30-22-20-29(21-23-30)19-13-17-24-15-10-9-11-16-24/h9-11,13,15-17,25H,3-8,12,14,18-23H2,1-2H3,(H,28,31). The summed E-state index contributed by atoms with van der Waals surface area (Å²) < 4.78 is 0. The van der Waals surface area contributed by atoms with E-state index in [4.69, 9.17) is 0 Å². The van der Waals surface area contributed by atoms with Crippen molar-refractivity contribution < 1.29 is 9.59 Å². The quantitative estimate of drug-likeness (QED) is 0.419. The van der Waals surface area contributed by atoms with Crippen molar-refractivity contribution in [3.8, 4) is 0 Å². The Hall–Kier alpha value is -2.14. The Morgan fingerprint density at radius 3 is 2.31 bits per heavy atom. The van der Waals surface area contributed by atoms with Gasteiger partial charge in [-0.25, -0.2) is 0 Å². The van der Waals surface area contributed by atoms with Gasteiger partial charge in [0.1, 0.15) is 6.04 Å². The maximum absolute atomic E-state index is 13.1. The van der Waals surface area contributed by atoms with Gasteiger partial charge in [-0.2, -0.15) is 0 Å². The average molecular weight is 442 g/mol. The zero-order chi connectivity index (χ0) is 23.0. The lowest BCUT2D eigenvalue weighted by Gasteiger charge is -2.36. The van der Waals surface area contributed by atoms with E-state index in [0.717, 1.165) is 52.0 Å². The van der Waals surface area contributed by atoms with Crippen molar-refractivity contribution in [3.05, 3.63) is 42.0 Å². The number of piperazine rings is 1. The highest BCUT2D eigenvalue weighted by Crippen LogP contribution is 2.10. The van der Waals surface area contributed by atoms with Gasteiger partial charge in [-0.1, -0.05) is 94.9 Å². The first-order valence-electron chi connectivity index (χ1n) is 12.7. The summed E-state index contributed by atoms with van der Waals surface area (Å²) in [5, 5.41) is 3.03. The smallest absolute Gasteiger partial charge is 0.245 e. The number of benzene rings is 1. The summed E-state index contributed by atoms with van der Waals surface area (Å²) in [6.45, 7) is 8.37. The second kappa shape index (κ2) is 15.6. The molecule has 1 aliphatic rings. The maximum Gasteiger partial charge on any atom is 0.245 e. The fourth-order valence-electron chi connectivity index (χ4n) is 4.15. The van der Waals surface area contributed by atoms with Crippen LogP contribution in [0.3, 0.4) is 0 Å². The van der Waals surface area contributed by atoms with E-state index in [1.807, 2.05) is 23.1 Å². The fraction of sp³-hybridized carbons (Fsp3) is 0.630. The van der Waals surface area contributed by atoms with Crippen molar-refractivity contribution >= 4 is 17.9 Å². The third-order valence-electron chi connectivity index (χ3n) is 6.13. The van der Waals surface area contributed by atoms with Gasteiger partial charge in [0.25, 0.3) is 0 Å². The van der Waals surface area contributed by atoms with Gasteiger partial charge in [-0.05, 0) is 18.4 Å². The highest BCUT2D eigenvalue weighted by molar-refractivity contribution is 5.87. The van der Waals surface area contributed by atoms with Crippen LogP contribution >= 0.6 is 0 Å². The third kappa shape index (κ3) is 9.99. The van der Waals surface area contributed by atoms with E-state index in [2.05, 4.69) is 48.3 Å². The molecule has 1 unspecified atom stereocenters. The first-order chi connectivity index (χ1) is 15.6. The van der Waals surface area contributed by atoms with E-state index in [1.54, 1.807) is 0 Å². The summed E-state index contributed by atoms with van der Waals surface area (Å²) in [4.78, 5) is 29.8. The number of hydrogen-bond acceptors (Lipinski definition) is 3. The van der Waals surface area contributed by atoms with Gasteiger partial charge in [-0.3, -0.25) is 14.5 Å². The lowest BCUT2D eigenvalue weighted by molar-refractivity contribution is -0.138. The summed E-state index contributed by atoms with van der Waals surface area (Å²) in [7, 11) is 0. The molecule has 178 valence electrons. The van der Waals surface area contributed by atoms with E-state index < -0.39 is 0 Å². The van der Waals surface area contributed by atoms with Crippen LogP contribution in [-0.2, 0) is 9.59 Å². The predicted molar refractivity (Wildman–Crippen MR) is 133 cm³/mol.